The van der Waals surface area contributed by atoms with Crippen molar-refractivity contribution in [2.24, 2.45) is 0 Å². The zero-order valence-electron chi connectivity index (χ0n) is 16.0. The van der Waals surface area contributed by atoms with E-state index in [2.05, 4.69) is 0 Å². The van der Waals surface area contributed by atoms with E-state index in [-0.39, 0.29) is 15.8 Å². The van der Waals surface area contributed by atoms with Crippen molar-refractivity contribution in [2.45, 2.75) is 48.9 Å². The Bertz CT molecular complexity index is 1100. The van der Waals surface area contributed by atoms with Crippen molar-refractivity contribution in [3.63, 3.8) is 0 Å². The number of anilines is 1. The van der Waals surface area contributed by atoms with Crippen molar-refractivity contribution < 1.29 is 16.8 Å². The van der Waals surface area contributed by atoms with Crippen LogP contribution >= 0.6 is 0 Å². The molecule has 2 aromatic rings. The Morgan fingerprint density at radius 2 is 1.46 bits per heavy atom. The third-order valence-corrected chi connectivity index (χ3v) is 9.32. The second-order valence-corrected chi connectivity index (χ2v) is 11.3. The zero-order chi connectivity index (χ0) is 20.1. The number of hydrogen-bond donors (Lipinski definition) is 0. The lowest BCUT2D eigenvalue weighted by atomic mass is 10.1. The van der Waals surface area contributed by atoms with Crippen molar-refractivity contribution in [1.29, 1.82) is 0 Å². The number of benzene rings is 2. The first-order chi connectivity index (χ1) is 13.2. The quantitative estimate of drug-likeness (QED) is 0.762. The lowest BCUT2D eigenvalue weighted by Gasteiger charge is -2.24. The molecule has 2 aliphatic heterocycles. The van der Waals surface area contributed by atoms with Crippen molar-refractivity contribution >= 4 is 25.7 Å². The van der Waals surface area contributed by atoms with Crippen molar-refractivity contribution in [2.75, 3.05) is 17.4 Å². The molecule has 1 fully saturated rings. The highest BCUT2D eigenvalue weighted by molar-refractivity contribution is 7.93. The van der Waals surface area contributed by atoms with Gasteiger partial charge in [-0.2, -0.15) is 4.31 Å². The van der Waals surface area contributed by atoms with Crippen molar-refractivity contribution in [1.82, 2.24) is 4.31 Å². The van der Waals surface area contributed by atoms with Gasteiger partial charge in [-0.1, -0.05) is 17.7 Å². The smallest absolute Gasteiger partial charge is 0.263 e. The number of aryl methyl sites for hydroxylation is 1. The third kappa shape index (κ3) is 3.13. The maximum absolute atomic E-state index is 13.2. The van der Waals surface area contributed by atoms with E-state index in [0.29, 0.717) is 25.2 Å². The predicted molar refractivity (Wildman–Crippen MR) is 108 cm³/mol. The Balaban J connectivity index is 1.73. The summed E-state index contributed by atoms with van der Waals surface area (Å²) in [5.74, 6) is 0. The highest BCUT2D eigenvalue weighted by Gasteiger charge is 2.37. The lowest BCUT2D eigenvalue weighted by Crippen LogP contribution is -2.35. The van der Waals surface area contributed by atoms with Crippen LogP contribution in [0.3, 0.4) is 0 Å². The summed E-state index contributed by atoms with van der Waals surface area (Å²) in [6.07, 6.45) is 2.25. The minimum atomic E-state index is -3.71. The van der Waals surface area contributed by atoms with Crippen LogP contribution in [-0.2, 0) is 26.5 Å². The summed E-state index contributed by atoms with van der Waals surface area (Å²) in [5.41, 5.74) is 2.31. The molecule has 150 valence electrons. The molecule has 8 heteroatoms. The molecule has 0 spiro atoms. The van der Waals surface area contributed by atoms with E-state index in [1.165, 1.54) is 14.7 Å². The Hall–Kier alpha value is -1.90. The van der Waals surface area contributed by atoms with E-state index >= 15 is 0 Å². The summed E-state index contributed by atoms with van der Waals surface area (Å²) in [5, 5.41) is 0. The van der Waals surface area contributed by atoms with Gasteiger partial charge in [-0.25, -0.2) is 16.8 Å². The summed E-state index contributed by atoms with van der Waals surface area (Å²) in [7, 11) is -7.23. The van der Waals surface area contributed by atoms with Crippen LogP contribution in [-0.4, -0.2) is 40.3 Å². The molecule has 0 aliphatic carbocycles. The van der Waals surface area contributed by atoms with Gasteiger partial charge in [0, 0.05) is 19.1 Å². The third-order valence-electron chi connectivity index (χ3n) is 5.48. The van der Waals surface area contributed by atoms with Gasteiger partial charge < -0.3 is 0 Å². The van der Waals surface area contributed by atoms with E-state index in [4.69, 9.17) is 0 Å². The van der Waals surface area contributed by atoms with Crippen LogP contribution in [0.5, 0.6) is 0 Å². The van der Waals surface area contributed by atoms with E-state index in [1.54, 1.807) is 36.4 Å². The first-order valence-electron chi connectivity index (χ1n) is 9.45. The normalized spacial score (nSPS) is 20.5. The van der Waals surface area contributed by atoms with Gasteiger partial charge in [0.15, 0.2) is 0 Å². The van der Waals surface area contributed by atoms with Gasteiger partial charge in [-0.15, -0.1) is 0 Å². The van der Waals surface area contributed by atoms with E-state index in [1.807, 2.05) is 13.8 Å². The number of nitrogens with zero attached hydrogens (tertiary/aromatic N) is 2. The number of hydrogen-bond acceptors (Lipinski definition) is 4. The summed E-state index contributed by atoms with van der Waals surface area (Å²) in [6, 6.07) is 11.3. The predicted octanol–water partition coefficient (Wildman–Crippen LogP) is 2.92. The van der Waals surface area contributed by atoms with Gasteiger partial charge in [0.2, 0.25) is 10.0 Å². The van der Waals surface area contributed by atoms with Crippen molar-refractivity contribution in [3.8, 4) is 0 Å². The molecule has 28 heavy (non-hydrogen) atoms. The zero-order valence-corrected chi connectivity index (χ0v) is 17.6. The first kappa shape index (κ1) is 19.4. The van der Waals surface area contributed by atoms with Crippen molar-refractivity contribution in [3.05, 3.63) is 53.6 Å². The average Bonchev–Trinajstić information content (AvgIpc) is 3.29. The van der Waals surface area contributed by atoms with Crippen LogP contribution in [0.1, 0.15) is 30.9 Å². The maximum atomic E-state index is 13.2. The molecular formula is C20H24N2O4S2. The first-order valence-corrected chi connectivity index (χ1v) is 12.3. The molecule has 4 rings (SSSR count). The van der Waals surface area contributed by atoms with Gasteiger partial charge >= 0.3 is 0 Å². The molecule has 0 amide bonds. The van der Waals surface area contributed by atoms with Crippen LogP contribution in [0.2, 0.25) is 0 Å². The lowest BCUT2D eigenvalue weighted by molar-refractivity contribution is 0.477. The standard InChI is InChI=1S/C20H24N2O4S2/c1-15-5-7-18(8-6-15)28(25,26)22-16(2)13-17-14-19(9-10-20(17)22)27(23,24)21-11-3-4-12-21/h5-10,14,16H,3-4,11-13H2,1-2H3/t16-/m0/s1. The summed E-state index contributed by atoms with van der Waals surface area (Å²) in [4.78, 5) is 0.487. The Morgan fingerprint density at radius 1 is 0.857 bits per heavy atom. The molecule has 0 saturated carbocycles. The monoisotopic (exact) mass is 420 g/mol. The molecule has 0 aromatic heterocycles. The summed E-state index contributed by atoms with van der Waals surface area (Å²) < 4.78 is 55.0. The fraction of sp³-hybridized carbons (Fsp3) is 0.400. The molecule has 0 unspecified atom stereocenters. The molecular weight excluding hydrogens is 396 g/mol. The molecule has 2 heterocycles. The number of rotatable bonds is 4. The van der Waals surface area contributed by atoms with E-state index in [9.17, 15) is 16.8 Å². The molecule has 1 atom stereocenters. The highest BCUT2D eigenvalue weighted by atomic mass is 32.2. The minimum absolute atomic E-state index is 0.242. The van der Waals surface area contributed by atoms with Gasteiger partial charge in [-0.05, 0) is 69.0 Å². The fourth-order valence-corrected chi connectivity index (χ4v) is 7.27. The van der Waals surface area contributed by atoms with E-state index < -0.39 is 20.0 Å². The number of fused-ring (bicyclic) bond motifs is 1. The molecule has 0 bridgehead atoms. The molecule has 2 aliphatic rings. The van der Waals surface area contributed by atoms with E-state index in [0.717, 1.165) is 24.0 Å². The Kier molecular flexibility index (Phi) is 4.76. The highest BCUT2D eigenvalue weighted by Crippen LogP contribution is 2.38. The maximum Gasteiger partial charge on any atom is 0.264 e. The fourth-order valence-electron chi connectivity index (χ4n) is 4.01. The van der Waals surface area contributed by atoms with Gasteiger partial charge in [0.1, 0.15) is 0 Å². The molecule has 1 saturated heterocycles. The summed E-state index contributed by atoms with van der Waals surface area (Å²) >= 11 is 0. The minimum Gasteiger partial charge on any atom is -0.263 e. The molecule has 2 aromatic carbocycles. The second-order valence-electron chi connectivity index (χ2n) is 7.57. The van der Waals surface area contributed by atoms with Crippen LogP contribution in [0.15, 0.2) is 52.3 Å². The van der Waals surface area contributed by atoms with Gasteiger partial charge in [0.05, 0.1) is 15.5 Å². The van der Waals surface area contributed by atoms with Gasteiger partial charge in [0.25, 0.3) is 10.0 Å². The molecule has 0 radical (unpaired) electrons. The van der Waals surface area contributed by atoms with Crippen LogP contribution in [0, 0.1) is 6.92 Å². The second kappa shape index (κ2) is 6.86. The molecule has 0 N–H and O–H groups in total. The van der Waals surface area contributed by atoms with Crippen LogP contribution < -0.4 is 4.31 Å². The van der Waals surface area contributed by atoms with Gasteiger partial charge in [-0.3, -0.25) is 4.31 Å². The number of sulfonamides is 2. The Labute approximate surface area is 166 Å². The SMILES string of the molecule is Cc1ccc(S(=O)(=O)N2c3ccc(S(=O)(=O)N4CCCC4)cc3C[C@@H]2C)cc1. The van der Waals surface area contributed by atoms with Crippen LogP contribution in [0.4, 0.5) is 5.69 Å². The average molecular weight is 421 g/mol. The molecule has 6 nitrogen and oxygen atoms in total. The van der Waals surface area contributed by atoms with Crippen LogP contribution in [0.25, 0.3) is 0 Å². The topological polar surface area (TPSA) is 74.8 Å². The largest absolute Gasteiger partial charge is 0.264 e. The summed E-state index contributed by atoms with van der Waals surface area (Å²) in [6.45, 7) is 4.85. The Morgan fingerprint density at radius 3 is 2.11 bits per heavy atom.